The van der Waals surface area contributed by atoms with Gasteiger partial charge in [-0.3, -0.25) is 14.0 Å². The van der Waals surface area contributed by atoms with E-state index in [1.165, 1.54) is 10.6 Å². The van der Waals surface area contributed by atoms with Crippen LogP contribution >= 0.6 is 0 Å². The summed E-state index contributed by atoms with van der Waals surface area (Å²) in [5.41, 5.74) is 0.807. The number of rotatable bonds is 4. The maximum Gasteiger partial charge on any atom is 0.347 e. The van der Waals surface area contributed by atoms with Crippen LogP contribution in [0.15, 0.2) is 65.8 Å². The van der Waals surface area contributed by atoms with Crippen LogP contribution in [0.2, 0.25) is 0 Å². The highest BCUT2D eigenvalue weighted by Gasteiger charge is 2.48. The van der Waals surface area contributed by atoms with Gasteiger partial charge in [0.1, 0.15) is 11.4 Å². The molecular weight excluding hydrogens is 434 g/mol. The number of aromatic amines is 1. The van der Waals surface area contributed by atoms with Crippen molar-refractivity contribution in [3.8, 4) is 0 Å². The van der Waals surface area contributed by atoms with Crippen molar-refractivity contribution >= 4 is 17.5 Å². The zero-order valence-electron chi connectivity index (χ0n) is 18.3. The molecule has 2 N–H and O–H groups in total. The van der Waals surface area contributed by atoms with Gasteiger partial charge in [0.2, 0.25) is 5.91 Å². The molecule has 1 aromatic carbocycles. The summed E-state index contributed by atoms with van der Waals surface area (Å²) < 4.78 is 3.38. The number of fused-ring (bicyclic) bond motifs is 2. The van der Waals surface area contributed by atoms with Crippen LogP contribution in [0.4, 0.5) is 0 Å². The summed E-state index contributed by atoms with van der Waals surface area (Å²) >= 11 is 0. The second-order valence-corrected chi connectivity index (χ2v) is 9.00. The van der Waals surface area contributed by atoms with E-state index < -0.39 is 5.54 Å². The fourth-order valence-electron chi connectivity index (χ4n) is 4.98. The number of hydrogen-bond acceptors (Lipinski definition) is 5. The van der Waals surface area contributed by atoms with Crippen molar-refractivity contribution in [2.45, 2.75) is 24.9 Å². The van der Waals surface area contributed by atoms with Crippen LogP contribution in [-0.2, 0) is 23.3 Å². The standard InChI is InChI=1S/C24H23N7O3/c32-21(17-6-7-19-25-9-11-29(19)13-17)26-24(18-4-2-1-3-5-18)14-30(15-24)22(33)16-8-10-31-20(12-16)27-28-23(31)34/h1-5,8-12,17H,6-7,13-15H2,(H,26,32)(H,28,34). The molecule has 0 radical (unpaired) electrons. The van der Waals surface area contributed by atoms with Crippen LogP contribution in [-0.4, -0.2) is 54.0 Å². The van der Waals surface area contributed by atoms with E-state index in [2.05, 4.69) is 20.5 Å². The van der Waals surface area contributed by atoms with Crippen LogP contribution in [0.3, 0.4) is 0 Å². The molecule has 1 saturated heterocycles. The lowest BCUT2D eigenvalue weighted by Crippen LogP contribution is -2.69. The number of amides is 2. The van der Waals surface area contributed by atoms with Gasteiger partial charge in [-0.1, -0.05) is 30.3 Å². The number of pyridine rings is 1. The Kier molecular flexibility index (Phi) is 4.61. The molecular formula is C24H23N7O3. The van der Waals surface area contributed by atoms with Crippen LogP contribution in [0.5, 0.6) is 0 Å². The van der Waals surface area contributed by atoms with Crippen LogP contribution in [0.1, 0.15) is 28.2 Å². The van der Waals surface area contributed by atoms with Gasteiger partial charge in [-0.2, -0.15) is 5.10 Å². The molecule has 3 aromatic heterocycles. The number of nitrogens with one attached hydrogen (secondary N) is 2. The number of nitrogens with zero attached hydrogens (tertiary/aromatic N) is 5. The zero-order chi connectivity index (χ0) is 23.3. The van der Waals surface area contributed by atoms with E-state index in [0.29, 0.717) is 30.8 Å². The predicted molar refractivity (Wildman–Crippen MR) is 122 cm³/mol. The Labute approximate surface area is 194 Å². The van der Waals surface area contributed by atoms with Gasteiger partial charge < -0.3 is 14.8 Å². The minimum atomic E-state index is -0.642. The number of likely N-dealkylation sites (tertiary alicyclic amines) is 1. The van der Waals surface area contributed by atoms with Gasteiger partial charge in [0.15, 0.2) is 5.65 Å². The Bertz CT molecular complexity index is 1450. The smallest absolute Gasteiger partial charge is 0.343 e. The summed E-state index contributed by atoms with van der Waals surface area (Å²) in [7, 11) is 0. The van der Waals surface area contributed by atoms with Crippen molar-refractivity contribution in [2.75, 3.05) is 13.1 Å². The summed E-state index contributed by atoms with van der Waals surface area (Å²) in [6, 6.07) is 13.0. The Balaban J connectivity index is 1.22. The van der Waals surface area contributed by atoms with Gasteiger partial charge in [-0.15, -0.1) is 0 Å². The highest BCUT2D eigenvalue weighted by atomic mass is 16.2. The Morgan fingerprint density at radius 1 is 1.12 bits per heavy atom. The lowest BCUT2D eigenvalue weighted by atomic mass is 9.81. The van der Waals surface area contributed by atoms with Gasteiger partial charge in [-0.25, -0.2) is 14.9 Å². The number of benzene rings is 1. The third-order valence-corrected chi connectivity index (χ3v) is 6.87. The van der Waals surface area contributed by atoms with Gasteiger partial charge in [0.05, 0.1) is 19.0 Å². The molecule has 2 aliphatic rings. The molecule has 2 aliphatic heterocycles. The third-order valence-electron chi connectivity index (χ3n) is 6.87. The van der Waals surface area contributed by atoms with E-state index in [9.17, 15) is 14.4 Å². The zero-order valence-corrected chi connectivity index (χ0v) is 18.3. The van der Waals surface area contributed by atoms with Crippen LogP contribution in [0.25, 0.3) is 5.65 Å². The van der Waals surface area contributed by atoms with Gasteiger partial charge in [0.25, 0.3) is 5.91 Å². The fraction of sp³-hybridized carbons (Fsp3) is 0.292. The number of H-pyrrole nitrogens is 1. The van der Waals surface area contributed by atoms with Gasteiger partial charge in [-0.05, 0) is 24.1 Å². The average molecular weight is 457 g/mol. The first-order valence-electron chi connectivity index (χ1n) is 11.3. The summed E-state index contributed by atoms with van der Waals surface area (Å²) in [5, 5.41) is 9.59. The molecule has 1 atom stereocenters. The van der Waals surface area contributed by atoms with Gasteiger partial charge >= 0.3 is 5.69 Å². The molecule has 0 bridgehead atoms. The molecule has 2 amide bonds. The van der Waals surface area contributed by atoms with Crippen LogP contribution < -0.4 is 11.0 Å². The molecule has 0 spiro atoms. The lowest BCUT2D eigenvalue weighted by molar-refractivity contribution is -0.130. The van der Waals surface area contributed by atoms with E-state index in [-0.39, 0.29) is 23.4 Å². The van der Waals surface area contributed by atoms with E-state index in [0.717, 1.165) is 24.2 Å². The summed E-state index contributed by atoms with van der Waals surface area (Å²) in [6.45, 7) is 1.34. The van der Waals surface area contributed by atoms with Crippen molar-refractivity contribution < 1.29 is 9.59 Å². The second kappa shape index (κ2) is 7.68. The van der Waals surface area contributed by atoms with Crippen LogP contribution in [0, 0.1) is 5.92 Å². The molecule has 4 aromatic rings. The maximum atomic E-state index is 13.3. The molecule has 5 heterocycles. The topological polar surface area (TPSA) is 117 Å². The van der Waals surface area contributed by atoms with E-state index >= 15 is 0 Å². The van der Waals surface area contributed by atoms with Crippen molar-refractivity contribution in [1.82, 2.24) is 34.4 Å². The molecule has 10 heteroatoms. The first kappa shape index (κ1) is 20.4. The first-order chi connectivity index (χ1) is 16.5. The van der Waals surface area contributed by atoms with E-state index in [1.54, 1.807) is 23.2 Å². The molecule has 1 unspecified atom stereocenters. The molecule has 0 aliphatic carbocycles. The molecule has 0 saturated carbocycles. The number of carbonyl (C=O) groups excluding carboxylic acids is 2. The van der Waals surface area contributed by atoms with Crippen molar-refractivity contribution in [3.05, 3.63) is 88.5 Å². The number of imidazole rings is 1. The largest absolute Gasteiger partial charge is 0.347 e. The van der Waals surface area contributed by atoms with Crippen molar-refractivity contribution in [3.63, 3.8) is 0 Å². The summed E-state index contributed by atoms with van der Waals surface area (Å²) in [5.74, 6) is 0.693. The first-order valence-corrected chi connectivity index (χ1v) is 11.3. The van der Waals surface area contributed by atoms with Gasteiger partial charge in [0, 0.05) is 37.1 Å². The number of carbonyl (C=O) groups is 2. The number of hydrogen-bond donors (Lipinski definition) is 2. The highest BCUT2D eigenvalue weighted by Crippen LogP contribution is 2.34. The fourth-order valence-corrected chi connectivity index (χ4v) is 4.98. The van der Waals surface area contributed by atoms with Crippen molar-refractivity contribution in [1.29, 1.82) is 0 Å². The summed E-state index contributed by atoms with van der Waals surface area (Å²) in [4.78, 5) is 44.2. The SMILES string of the molecule is O=C(NC1(c2ccccc2)CN(C(=O)c2ccn3c(=O)[nH]nc3c2)C1)C1CCc2nccn2C1. The Morgan fingerprint density at radius 3 is 2.76 bits per heavy atom. The number of aryl methyl sites for hydroxylation is 1. The Morgan fingerprint density at radius 2 is 1.94 bits per heavy atom. The average Bonchev–Trinajstić information content (AvgIpc) is 3.47. The third kappa shape index (κ3) is 3.30. The maximum absolute atomic E-state index is 13.3. The molecule has 10 nitrogen and oxygen atoms in total. The second-order valence-electron chi connectivity index (χ2n) is 9.00. The quantitative estimate of drug-likeness (QED) is 0.473. The lowest BCUT2D eigenvalue weighted by Gasteiger charge is -2.51. The van der Waals surface area contributed by atoms with E-state index in [4.69, 9.17) is 0 Å². The molecule has 172 valence electrons. The van der Waals surface area contributed by atoms with Crippen molar-refractivity contribution in [2.24, 2.45) is 5.92 Å². The van der Waals surface area contributed by atoms with E-state index in [1.807, 2.05) is 41.1 Å². The number of aromatic nitrogens is 5. The highest BCUT2D eigenvalue weighted by molar-refractivity contribution is 5.96. The monoisotopic (exact) mass is 457 g/mol. The molecule has 6 rings (SSSR count). The Hall–Kier alpha value is -4.21. The molecule has 1 fully saturated rings. The normalized spacial score (nSPS) is 18.8. The predicted octanol–water partition coefficient (Wildman–Crippen LogP) is 0.949. The minimum Gasteiger partial charge on any atom is -0.343 e. The minimum absolute atomic E-state index is 0.00683. The summed E-state index contributed by atoms with van der Waals surface area (Å²) in [6.07, 6.45) is 6.74. The molecule has 34 heavy (non-hydrogen) atoms.